The molecule has 3 aromatic rings. The SMILES string of the molecule is CCC(=O)Nc1ccc(S(=O)(=O)c2ccc(CCNC[C@@H](O)c3cccc(Cl)c3)cc2)cc1C(=O)O.Cl. The Balaban J connectivity index is 0.00000481. The number of nitrogens with one attached hydrogen (secondary N) is 2. The molecule has 0 saturated carbocycles. The number of aliphatic hydroxyl groups excluding tert-OH is 1. The van der Waals surface area contributed by atoms with E-state index < -0.39 is 21.9 Å². The smallest absolute Gasteiger partial charge is 0.337 e. The van der Waals surface area contributed by atoms with Gasteiger partial charge < -0.3 is 20.8 Å². The lowest BCUT2D eigenvalue weighted by atomic mass is 10.1. The number of hydrogen-bond acceptors (Lipinski definition) is 6. The molecule has 198 valence electrons. The minimum Gasteiger partial charge on any atom is -0.478 e. The van der Waals surface area contributed by atoms with E-state index in [4.69, 9.17) is 11.6 Å². The number of hydrogen-bond donors (Lipinski definition) is 4. The van der Waals surface area contributed by atoms with Gasteiger partial charge in [-0.15, -0.1) is 12.4 Å². The van der Waals surface area contributed by atoms with Crippen LogP contribution in [0, 0.1) is 0 Å². The van der Waals surface area contributed by atoms with Crippen LogP contribution in [0.4, 0.5) is 5.69 Å². The van der Waals surface area contributed by atoms with Crippen LogP contribution in [0.2, 0.25) is 5.02 Å². The highest BCUT2D eigenvalue weighted by Crippen LogP contribution is 2.26. The highest BCUT2D eigenvalue weighted by molar-refractivity contribution is 7.91. The topological polar surface area (TPSA) is 133 Å². The normalized spacial score (nSPS) is 11.9. The molecule has 0 aromatic heterocycles. The monoisotopic (exact) mass is 566 g/mol. The summed E-state index contributed by atoms with van der Waals surface area (Å²) in [5.74, 6) is -1.72. The van der Waals surface area contributed by atoms with Crippen LogP contribution in [0.5, 0.6) is 0 Å². The van der Waals surface area contributed by atoms with Crippen molar-refractivity contribution in [1.29, 1.82) is 0 Å². The number of aliphatic hydroxyl groups is 1. The van der Waals surface area contributed by atoms with Gasteiger partial charge in [0.15, 0.2) is 0 Å². The quantitative estimate of drug-likeness (QED) is 0.251. The summed E-state index contributed by atoms with van der Waals surface area (Å²) in [6, 6.07) is 16.9. The Morgan fingerprint density at radius 3 is 2.30 bits per heavy atom. The molecule has 0 fully saturated rings. The first kappa shape index (κ1) is 30.3. The predicted octanol–water partition coefficient (Wildman–Crippen LogP) is 4.51. The summed E-state index contributed by atoms with van der Waals surface area (Å²) in [5.41, 5.74) is 1.34. The van der Waals surface area contributed by atoms with Crippen molar-refractivity contribution in [2.24, 2.45) is 0 Å². The molecule has 0 radical (unpaired) electrons. The zero-order valence-corrected chi connectivity index (χ0v) is 22.4. The van der Waals surface area contributed by atoms with E-state index in [-0.39, 0.29) is 45.8 Å². The van der Waals surface area contributed by atoms with E-state index >= 15 is 0 Å². The lowest BCUT2D eigenvalue weighted by Gasteiger charge is -2.13. The molecule has 8 nitrogen and oxygen atoms in total. The van der Waals surface area contributed by atoms with Crippen molar-refractivity contribution < 1.29 is 28.2 Å². The van der Waals surface area contributed by atoms with Crippen molar-refractivity contribution in [3.05, 3.63) is 88.4 Å². The van der Waals surface area contributed by atoms with Gasteiger partial charge in [-0.25, -0.2) is 13.2 Å². The molecule has 0 heterocycles. The minimum atomic E-state index is -3.97. The lowest BCUT2D eigenvalue weighted by Crippen LogP contribution is -2.23. The van der Waals surface area contributed by atoms with Crippen LogP contribution in [0.25, 0.3) is 0 Å². The first-order valence-corrected chi connectivity index (χ1v) is 13.1. The molecule has 37 heavy (non-hydrogen) atoms. The van der Waals surface area contributed by atoms with Crippen LogP contribution in [0.1, 0.15) is 40.9 Å². The van der Waals surface area contributed by atoms with Gasteiger partial charge in [0.25, 0.3) is 0 Å². The van der Waals surface area contributed by atoms with Gasteiger partial charge in [-0.2, -0.15) is 0 Å². The Kier molecular flexibility index (Phi) is 11.1. The van der Waals surface area contributed by atoms with E-state index in [1.165, 1.54) is 24.3 Å². The highest BCUT2D eigenvalue weighted by atomic mass is 35.5. The molecule has 0 bridgehead atoms. The number of benzene rings is 3. The summed E-state index contributed by atoms with van der Waals surface area (Å²) in [6.45, 7) is 2.53. The van der Waals surface area contributed by atoms with Crippen molar-refractivity contribution in [2.75, 3.05) is 18.4 Å². The third kappa shape index (κ3) is 8.02. The van der Waals surface area contributed by atoms with Crippen molar-refractivity contribution in [3.8, 4) is 0 Å². The molecule has 0 unspecified atom stereocenters. The molecule has 0 aliphatic heterocycles. The molecular formula is C26H28Cl2N2O6S. The molecule has 4 N–H and O–H groups in total. The number of amides is 1. The number of anilines is 1. The standard InChI is InChI=1S/C26H27ClN2O6S.ClH/c1-2-25(31)29-23-11-10-21(15-22(23)26(32)33)36(34,35)20-8-6-17(7-9-20)12-13-28-16-24(30)18-4-3-5-19(27)14-18;/h3-11,14-15,24,28,30H,2,12-13,16H2,1H3,(H,29,31)(H,32,33);1H/t24-;/m1./s1. The van der Waals surface area contributed by atoms with Crippen LogP contribution in [0.15, 0.2) is 76.5 Å². The van der Waals surface area contributed by atoms with Gasteiger partial charge in [-0.1, -0.05) is 42.8 Å². The van der Waals surface area contributed by atoms with Crippen molar-refractivity contribution in [3.63, 3.8) is 0 Å². The van der Waals surface area contributed by atoms with E-state index in [1.807, 2.05) is 0 Å². The zero-order valence-electron chi connectivity index (χ0n) is 20.0. The van der Waals surface area contributed by atoms with Gasteiger partial charge in [-0.3, -0.25) is 4.79 Å². The Hall–Kier alpha value is -2.95. The maximum absolute atomic E-state index is 13.1. The summed E-state index contributed by atoms with van der Waals surface area (Å²) in [5, 5.41) is 25.9. The highest BCUT2D eigenvalue weighted by Gasteiger charge is 2.22. The molecule has 3 aromatic carbocycles. The van der Waals surface area contributed by atoms with Crippen molar-refractivity contribution in [1.82, 2.24) is 5.32 Å². The number of carbonyl (C=O) groups is 2. The number of carboxylic acid groups (broad SMARTS) is 1. The summed E-state index contributed by atoms with van der Waals surface area (Å²) in [6.07, 6.45) is 0.0645. The second-order valence-electron chi connectivity index (χ2n) is 8.09. The molecule has 1 amide bonds. The van der Waals surface area contributed by atoms with Crippen molar-refractivity contribution >= 4 is 51.4 Å². The third-order valence-corrected chi connectivity index (χ3v) is 7.52. The van der Waals surface area contributed by atoms with Gasteiger partial charge in [0.05, 0.1) is 27.1 Å². The van der Waals surface area contributed by atoms with E-state index in [1.54, 1.807) is 43.3 Å². The Morgan fingerprint density at radius 1 is 1.00 bits per heavy atom. The largest absolute Gasteiger partial charge is 0.478 e. The molecule has 0 saturated heterocycles. The second-order valence-corrected chi connectivity index (χ2v) is 10.5. The van der Waals surface area contributed by atoms with Crippen LogP contribution in [-0.2, 0) is 21.1 Å². The number of halogens is 2. The predicted molar refractivity (Wildman–Crippen MR) is 144 cm³/mol. The average Bonchev–Trinajstić information content (AvgIpc) is 2.86. The molecule has 0 spiro atoms. The van der Waals surface area contributed by atoms with E-state index in [9.17, 15) is 28.2 Å². The molecule has 1 atom stereocenters. The van der Waals surface area contributed by atoms with E-state index in [0.717, 1.165) is 17.2 Å². The van der Waals surface area contributed by atoms with Crippen molar-refractivity contribution in [2.45, 2.75) is 35.7 Å². The van der Waals surface area contributed by atoms with Gasteiger partial charge in [0, 0.05) is 18.0 Å². The summed E-state index contributed by atoms with van der Waals surface area (Å²) in [7, 11) is -3.97. The maximum atomic E-state index is 13.1. The average molecular weight is 567 g/mol. The molecule has 11 heteroatoms. The van der Waals surface area contributed by atoms with Crippen LogP contribution < -0.4 is 10.6 Å². The number of aromatic carboxylic acids is 1. The molecule has 0 aliphatic rings. The van der Waals surface area contributed by atoms with Gasteiger partial charge in [0.1, 0.15) is 0 Å². The first-order valence-electron chi connectivity index (χ1n) is 11.3. The molecule has 3 rings (SSSR count). The number of rotatable bonds is 11. The number of sulfone groups is 1. The number of carboxylic acids is 1. The zero-order chi connectivity index (χ0) is 26.3. The second kappa shape index (κ2) is 13.6. The Bertz CT molecular complexity index is 1350. The first-order chi connectivity index (χ1) is 17.1. The summed E-state index contributed by atoms with van der Waals surface area (Å²) >= 11 is 5.95. The maximum Gasteiger partial charge on any atom is 0.337 e. The van der Waals surface area contributed by atoms with Gasteiger partial charge >= 0.3 is 5.97 Å². The fourth-order valence-corrected chi connectivity index (χ4v) is 4.98. The fourth-order valence-electron chi connectivity index (χ4n) is 3.49. The third-order valence-electron chi connectivity index (χ3n) is 5.52. The molecular weight excluding hydrogens is 539 g/mol. The summed E-state index contributed by atoms with van der Waals surface area (Å²) in [4.78, 5) is 23.1. The van der Waals surface area contributed by atoms with Crippen LogP contribution in [-0.4, -0.2) is 43.6 Å². The lowest BCUT2D eigenvalue weighted by molar-refractivity contribution is -0.115. The number of carbonyl (C=O) groups excluding carboxylic acids is 1. The van der Waals surface area contributed by atoms with E-state index in [2.05, 4.69) is 10.6 Å². The Labute approximate surface area is 227 Å². The van der Waals surface area contributed by atoms with Crippen LogP contribution >= 0.6 is 24.0 Å². The van der Waals surface area contributed by atoms with E-state index in [0.29, 0.717) is 24.5 Å². The van der Waals surface area contributed by atoms with Crippen LogP contribution in [0.3, 0.4) is 0 Å². The van der Waals surface area contributed by atoms with Gasteiger partial charge in [-0.05, 0) is 66.6 Å². The fraction of sp³-hybridized carbons (Fsp3) is 0.231. The van der Waals surface area contributed by atoms with Gasteiger partial charge in [0.2, 0.25) is 15.7 Å². The minimum absolute atomic E-state index is 0. The molecule has 0 aliphatic carbocycles. The summed E-state index contributed by atoms with van der Waals surface area (Å²) < 4.78 is 26.1. The Morgan fingerprint density at radius 2 is 1.68 bits per heavy atom.